The van der Waals surface area contributed by atoms with Gasteiger partial charge in [-0.2, -0.15) is 0 Å². The third-order valence-electron chi connectivity index (χ3n) is 0.235. The van der Waals surface area contributed by atoms with Crippen molar-refractivity contribution in [3.63, 3.8) is 0 Å². The number of hydrogen-bond acceptors (Lipinski definition) is 2. The van der Waals surface area contributed by atoms with Gasteiger partial charge in [0.25, 0.3) is 0 Å². The number of methoxy groups -OCH3 is 1. The van der Waals surface area contributed by atoms with E-state index in [0.29, 0.717) is 6.29 Å². The number of carbonyl (C=O) groups excluding carboxylic acids is 1. The second-order valence-corrected chi connectivity index (χ2v) is 0.622. The van der Waals surface area contributed by atoms with E-state index in [1.807, 2.05) is 0 Å². The van der Waals surface area contributed by atoms with Gasteiger partial charge in [0.1, 0.15) is 12.9 Å². The average molecular weight is 261 g/mol. The SMILES string of the molecule is COCC=O.[Ba+2].[H-].[H-].[Ti]. The first kappa shape index (κ1) is 16.0. The van der Waals surface area contributed by atoms with Gasteiger partial charge in [-0.1, -0.05) is 0 Å². The van der Waals surface area contributed by atoms with Gasteiger partial charge in [0.05, 0.1) is 0 Å². The fourth-order valence-electron chi connectivity index (χ4n) is 0.0680. The van der Waals surface area contributed by atoms with Crippen LogP contribution in [-0.4, -0.2) is 68.9 Å². The third-order valence-corrected chi connectivity index (χ3v) is 0.235. The van der Waals surface area contributed by atoms with E-state index in [4.69, 9.17) is 0 Å². The molecule has 4 heteroatoms. The summed E-state index contributed by atoms with van der Waals surface area (Å²) in [5, 5.41) is 0. The van der Waals surface area contributed by atoms with Gasteiger partial charge in [0.2, 0.25) is 0 Å². The molecule has 7 heavy (non-hydrogen) atoms. The molecule has 0 aromatic rings. The molecule has 0 aromatic heterocycles. The van der Waals surface area contributed by atoms with Gasteiger partial charge in [0.15, 0.2) is 0 Å². The third kappa shape index (κ3) is 18.1. The van der Waals surface area contributed by atoms with Crippen LogP contribution in [0.15, 0.2) is 0 Å². The average Bonchev–Trinajstić information content (AvgIpc) is 1.41. The van der Waals surface area contributed by atoms with Crippen molar-refractivity contribution in [2.45, 2.75) is 0 Å². The molecule has 0 radical (unpaired) electrons. The molecule has 0 bridgehead atoms. The maximum absolute atomic E-state index is 9.28. The van der Waals surface area contributed by atoms with Gasteiger partial charge < -0.3 is 12.4 Å². The maximum atomic E-state index is 9.28. The van der Waals surface area contributed by atoms with Crippen molar-refractivity contribution in [3.05, 3.63) is 0 Å². The van der Waals surface area contributed by atoms with Crippen molar-refractivity contribution >= 4 is 55.2 Å². The van der Waals surface area contributed by atoms with Crippen molar-refractivity contribution in [3.8, 4) is 0 Å². The Bertz CT molecular complexity index is 41.0. The zero-order valence-corrected chi connectivity index (χ0v) is 10.3. The van der Waals surface area contributed by atoms with Crippen LogP contribution >= 0.6 is 0 Å². The number of rotatable bonds is 2. The monoisotopic (exact) mass is 262 g/mol. The van der Waals surface area contributed by atoms with Gasteiger partial charge in [-0.15, -0.1) is 0 Å². The first-order valence-corrected chi connectivity index (χ1v) is 1.34. The molecular weight excluding hydrogens is 253 g/mol. The molecular formula is C3H8BaO2Ti. The summed E-state index contributed by atoms with van der Waals surface area (Å²) in [4.78, 5) is 9.28. The minimum Gasteiger partial charge on any atom is -1.00 e. The molecule has 38 valence electrons. The van der Waals surface area contributed by atoms with Gasteiger partial charge >= 0.3 is 48.9 Å². The van der Waals surface area contributed by atoms with Crippen LogP contribution in [-0.2, 0) is 31.2 Å². The summed E-state index contributed by atoms with van der Waals surface area (Å²) in [6.45, 7) is 0.208. The summed E-state index contributed by atoms with van der Waals surface area (Å²) < 4.78 is 4.32. The van der Waals surface area contributed by atoms with E-state index in [1.165, 1.54) is 7.11 Å². The molecule has 0 fully saturated rings. The first-order chi connectivity index (χ1) is 2.41. The maximum Gasteiger partial charge on any atom is 2.00 e. The van der Waals surface area contributed by atoms with Crippen LogP contribution in [0.1, 0.15) is 2.85 Å². The van der Waals surface area contributed by atoms with E-state index in [1.54, 1.807) is 0 Å². The van der Waals surface area contributed by atoms with Crippen molar-refractivity contribution in [2.75, 3.05) is 13.7 Å². The van der Waals surface area contributed by atoms with Crippen molar-refractivity contribution < 1.29 is 34.1 Å². The number of aldehydes is 1. The normalized spacial score (nSPS) is 5.29. The van der Waals surface area contributed by atoms with Crippen LogP contribution in [0, 0.1) is 0 Å². The molecule has 0 N–H and O–H groups in total. The summed E-state index contributed by atoms with van der Waals surface area (Å²) in [6.07, 6.45) is 0.708. The summed E-state index contributed by atoms with van der Waals surface area (Å²) in [6, 6.07) is 0. The molecule has 0 saturated heterocycles. The van der Waals surface area contributed by atoms with Gasteiger partial charge in [-0.05, 0) is 0 Å². The zero-order chi connectivity index (χ0) is 4.12. The Morgan fingerprint density at radius 1 is 1.86 bits per heavy atom. The molecule has 0 aliphatic heterocycles. The Kier molecular flexibility index (Phi) is 35.7. The van der Waals surface area contributed by atoms with Crippen molar-refractivity contribution in [2.24, 2.45) is 0 Å². The molecule has 0 atom stereocenters. The minimum atomic E-state index is 0. The molecule has 0 unspecified atom stereocenters. The molecule has 2 nitrogen and oxygen atoms in total. The first-order valence-electron chi connectivity index (χ1n) is 1.34. The molecule has 0 aliphatic rings. The van der Waals surface area contributed by atoms with Crippen LogP contribution in [0.3, 0.4) is 0 Å². The van der Waals surface area contributed by atoms with E-state index in [9.17, 15) is 4.79 Å². The Balaban J connectivity index is -0.0000000133. The molecule has 0 aliphatic carbocycles. The molecule has 0 heterocycles. The van der Waals surface area contributed by atoms with E-state index in [2.05, 4.69) is 4.74 Å². The Labute approximate surface area is 101 Å². The molecule has 0 saturated carbocycles. The fourth-order valence-corrected chi connectivity index (χ4v) is 0.0680. The van der Waals surface area contributed by atoms with E-state index >= 15 is 0 Å². The standard InChI is InChI=1S/C3H6O2.Ba.Ti.2H/c1-5-3-2-4;;;;/h2H,3H2,1H3;;;;/q;+2;;2*-1. The predicted molar refractivity (Wildman–Crippen MR) is 25.9 cm³/mol. The van der Waals surface area contributed by atoms with Crippen LogP contribution < -0.4 is 0 Å². The Morgan fingerprint density at radius 2 is 2.29 bits per heavy atom. The smallest absolute Gasteiger partial charge is 1.00 e. The fraction of sp³-hybridized carbons (Fsp3) is 0.667. The Morgan fingerprint density at radius 3 is 2.29 bits per heavy atom. The van der Waals surface area contributed by atoms with E-state index in [-0.39, 0.29) is 80.1 Å². The number of carbonyl (C=O) groups is 1. The van der Waals surface area contributed by atoms with Gasteiger partial charge in [0, 0.05) is 28.8 Å². The van der Waals surface area contributed by atoms with Crippen molar-refractivity contribution in [1.82, 2.24) is 0 Å². The molecule has 0 amide bonds. The quantitative estimate of drug-likeness (QED) is 0.503. The second-order valence-electron chi connectivity index (χ2n) is 0.622. The van der Waals surface area contributed by atoms with Crippen LogP contribution in [0.25, 0.3) is 0 Å². The largest absolute Gasteiger partial charge is 2.00 e. The van der Waals surface area contributed by atoms with Gasteiger partial charge in [-0.3, -0.25) is 0 Å². The van der Waals surface area contributed by atoms with Crippen LogP contribution in [0.2, 0.25) is 0 Å². The Hall–Kier alpha value is 1.92. The summed E-state index contributed by atoms with van der Waals surface area (Å²) in [7, 11) is 1.48. The molecule has 0 aromatic carbocycles. The second kappa shape index (κ2) is 15.7. The van der Waals surface area contributed by atoms with Crippen LogP contribution in [0.4, 0.5) is 0 Å². The summed E-state index contributed by atoms with van der Waals surface area (Å²) in [5.74, 6) is 0. The zero-order valence-electron chi connectivity index (χ0n) is 6.31. The minimum absolute atomic E-state index is 0. The summed E-state index contributed by atoms with van der Waals surface area (Å²) >= 11 is 0. The summed E-state index contributed by atoms with van der Waals surface area (Å²) in [5.41, 5.74) is 0. The van der Waals surface area contributed by atoms with E-state index in [0.717, 1.165) is 0 Å². The van der Waals surface area contributed by atoms with Crippen molar-refractivity contribution in [1.29, 1.82) is 0 Å². The van der Waals surface area contributed by atoms with E-state index < -0.39 is 0 Å². The number of ether oxygens (including phenoxy) is 1. The molecule has 0 rings (SSSR count). The van der Waals surface area contributed by atoms with Crippen LogP contribution in [0.5, 0.6) is 0 Å². The van der Waals surface area contributed by atoms with Gasteiger partial charge in [-0.25, -0.2) is 0 Å². The predicted octanol–water partition coefficient (Wildman–Crippen LogP) is -0.327. The molecule has 0 spiro atoms. The number of hydrogen-bond donors (Lipinski definition) is 0. The topological polar surface area (TPSA) is 26.3 Å².